The van der Waals surface area contributed by atoms with Crippen molar-refractivity contribution in [3.05, 3.63) is 28.8 Å². The molecule has 5 nitrogen and oxygen atoms in total. The number of ether oxygens (including phenoxy) is 1. The third kappa shape index (κ3) is 7.16. The number of halogens is 4. The van der Waals surface area contributed by atoms with Gasteiger partial charge in [0, 0.05) is 13.0 Å². The van der Waals surface area contributed by atoms with E-state index in [0.29, 0.717) is 10.7 Å². The van der Waals surface area contributed by atoms with Gasteiger partial charge in [-0.15, -0.1) is 0 Å². The molecule has 0 aliphatic carbocycles. The number of carbonyl (C=O) groups is 2. The summed E-state index contributed by atoms with van der Waals surface area (Å²) >= 11 is 5.93. The second kappa shape index (κ2) is 7.88. The molecule has 0 heterocycles. The van der Waals surface area contributed by atoms with E-state index in [9.17, 15) is 22.8 Å². The number of alkyl halides is 3. The van der Waals surface area contributed by atoms with Gasteiger partial charge in [0.15, 0.2) is 6.61 Å². The summed E-state index contributed by atoms with van der Waals surface area (Å²) in [5, 5.41) is 4.93. The van der Waals surface area contributed by atoms with Crippen molar-refractivity contribution >= 4 is 29.3 Å². The molecule has 2 amide bonds. The molecule has 0 atom stereocenters. The average Bonchev–Trinajstić information content (AvgIpc) is 2.39. The minimum absolute atomic E-state index is 0.134. The number of alkyl carbamates (subject to hydrolysis) is 1. The van der Waals surface area contributed by atoms with Crippen molar-refractivity contribution in [2.75, 3.05) is 18.5 Å². The highest BCUT2D eigenvalue weighted by molar-refractivity contribution is 6.33. The van der Waals surface area contributed by atoms with Crippen molar-refractivity contribution < 1.29 is 27.5 Å². The van der Waals surface area contributed by atoms with Crippen LogP contribution in [0.5, 0.6) is 0 Å². The molecule has 0 saturated carbocycles. The molecule has 1 rings (SSSR count). The topological polar surface area (TPSA) is 67.4 Å². The van der Waals surface area contributed by atoms with Gasteiger partial charge in [0.05, 0.1) is 10.7 Å². The number of hydrogen-bond acceptors (Lipinski definition) is 3. The largest absolute Gasteiger partial charge is 0.440 e. The van der Waals surface area contributed by atoms with E-state index in [4.69, 9.17) is 11.6 Å². The fourth-order valence-corrected chi connectivity index (χ4v) is 1.69. The van der Waals surface area contributed by atoms with Crippen molar-refractivity contribution in [1.82, 2.24) is 5.32 Å². The zero-order valence-electron chi connectivity index (χ0n) is 11.6. The van der Waals surface area contributed by atoms with Crippen LogP contribution in [0.25, 0.3) is 0 Å². The van der Waals surface area contributed by atoms with E-state index in [1.165, 1.54) is 0 Å². The highest BCUT2D eigenvalue weighted by Crippen LogP contribution is 2.22. The molecule has 0 aliphatic heterocycles. The zero-order valence-corrected chi connectivity index (χ0v) is 12.3. The van der Waals surface area contributed by atoms with Crippen molar-refractivity contribution in [2.24, 2.45) is 0 Å². The standard InChI is InChI=1S/C13H14ClF3N2O3/c1-8-2-3-10(9(14)6-8)19-11(20)4-5-18-12(21)22-7-13(15,16)17/h2-3,6H,4-5,7H2,1H3,(H,18,21)(H,19,20). The summed E-state index contributed by atoms with van der Waals surface area (Å²) in [5.41, 5.74) is 1.34. The van der Waals surface area contributed by atoms with Gasteiger partial charge in [0.25, 0.3) is 0 Å². The third-order valence-electron chi connectivity index (χ3n) is 2.39. The van der Waals surface area contributed by atoms with Crippen LogP contribution in [-0.2, 0) is 9.53 Å². The molecule has 0 saturated heterocycles. The number of aryl methyl sites for hydroxylation is 1. The van der Waals surface area contributed by atoms with Gasteiger partial charge in [-0.1, -0.05) is 17.7 Å². The Hall–Kier alpha value is -1.96. The summed E-state index contributed by atoms with van der Waals surface area (Å²) < 4.78 is 39.3. The molecule has 9 heteroatoms. The van der Waals surface area contributed by atoms with Crippen LogP contribution in [0.3, 0.4) is 0 Å². The van der Waals surface area contributed by atoms with Gasteiger partial charge in [0.1, 0.15) is 0 Å². The number of hydrogen-bond donors (Lipinski definition) is 2. The van der Waals surface area contributed by atoms with Crippen LogP contribution in [0.4, 0.5) is 23.7 Å². The van der Waals surface area contributed by atoms with E-state index >= 15 is 0 Å². The average molecular weight is 339 g/mol. The Balaban J connectivity index is 2.30. The number of carbonyl (C=O) groups excluding carboxylic acids is 2. The summed E-state index contributed by atoms with van der Waals surface area (Å²) in [6.07, 6.45) is -5.96. The quantitative estimate of drug-likeness (QED) is 0.866. The minimum Gasteiger partial charge on any atom is -0.440 e. The Morgan fingerprint density at radius 3 is 2.59 bits per heavy atom. The van der Waals surface area contributed by atoms with Gasteiger partial charge in [-0.2, -0.15) is 13.2 Å². The molecule has 122 valence electrons. The van der Waals surface area contributed by atoms with E-state index in [2.05, 4.69) is 10.1 Å². The maximum absolute atomic E-state index is 11.8. The molecule has 0 aliphatic rings. The van der Waals surface area contributed by atoms with Crippen molar-refractivity contribution in [2.45, 2.75) is 19.5 Å². The number of amides is 2. The lowest BCUT2D eigenvalue weighted by atomic mass is 10.2. The molecule has 0 aromatic heterocycles. The van der Waals surface area contributed by atoms with Crippen molar-refractivity contribution in [3.63, 3.8) is 0 Å². The molecule has 1 aromatic carbocycles. The molecule has 2 N–H and O–H groups in total. The predicted molar refractivity (Wildman–Crippen MR) is 74.8 cm³/mol. The first-order valence-electron chi connectivity index (χ1n) is 6.21. The van der Waals surface area contributed by atoms with E-state index in [0.717, 1.165) is 5.56 Å². The van der Waals surface area contributed by atoms with Gasteiger partial charge in [-0.05, 0) is 24.6 Å². The van der Waals surface area contributed by atoms with Crippen LogP contribution in [0.2, 0.25) is 5.02 Å². The molecule has 0 unspecified atom stereocenters. The number of benzene rings is 1. The van der Waals surface area contributed by atoms with Crippen molar-refractivity contribution in [3.8, 4) is 0 Å². The van der Waals surface area contributed by atoms with E-state index in [1.54, 1.807) is 18.2 Å². The number of rotatable bonds is 5. The summed E-state index contributed by atoms with van der Waals surface area (Å²) in [6.45, 7) is 0.00394. The first kappa shape index (κ1) is 18.1. The Kier molecular flexibility index (Phi) is 6.48. The first-order chi connectivity index (χ1) is 10.2. The SMILES string of the molecule is Cc1ccc(NC(=O)CCNC(=O)OCC(F)(F)F)c(Cl)c1. The maximum Gasteiger partial charge on any atom is 0.422 e. The Labute approximate surface area is 129 Å². The fraction of sp³-hybridized carbons (Fsp3) is 0.385. The van der Waals surface area contributed by atoms with Crippen LogP contribution in [0.1, 0.15) is 12.0 Å². The normalized spacial score (nSPS) is 11.0. The molecule has 0 bridgehead atoms. The van der Waals surface area contributed by atoms with Gasteiger partial charge >= 0.3 is 12.3 Å². The predicted octanol–water partition coefficient (Wildman–Crippen LogP) is 3.27. The Bertz CT molecular complexity index is 550. The lowest BCUT2D eigenvalue weighted by Gasteiger charge is -2.10. The van der Waals surface area contributed by atoms with E-state index in [-0.39, 0.29) is 13.0 Å². The van der Waals surface area contributed by atoms with Crippen LogP contribution in [-0.4, -0.2) is 31.3 Å². The summed E-state index contributed by atoms with van der Waals surface area (Å²) in [6, 6.07) is 5.05. The first-order valence-corrected chi connectivity index (χ1v) is 6.58. The van der Waals surface area contributed by atoms with Gasteiger partial charge in [0.2, 0.25) is 5.91 Å². The minimum atomic E-state index is -4.59. The monoisotopic (exact) mass is 338 g/mol. The molecule has 0 radical (unpaired) electrons. The Morgan fingerprint density at radius 1 is 1.32 bits per heavy atom. The molecule has 0 spiro atoms. The lowest BCUT2D eigenvalue weighted by molar-refractivity contribution is -0.160. The van der Waals surface area contributed by atoms with Crippen molar-refractivity contribution in [1.29, 1.82) is 0 Å². The third-order valence-corrected chi connectivity index (χ3v) is 2.70. The highest BCUT2D eigenvalue weighted by Gasteiger charge is 2.29. The molecule has 0 fully saturated rings. The van der Waals surface area contributed by atoms with E-state index in [1.807, 2.05) is 12.2 Å². The van der Waals surface area contributed by atoms with Crippen LogP contribution < -0.4 is 10.6 Å². The van der Waals surface area contributed by atoms with E-state index < -0.39 is 24.8 Å². The van der Waals surface area contributed by atoms with Gasteiger partial charge in [-0.3, -0.25) is 4.79 Å². The number of nitrogens with one attached hydrogen (secondary N) is 2. The fourth-order valence-electron chi connectivity index (χ4n) is 1.41. The Morgan fingerprint density at radius 2 is 2.00 bits per heavy atom. The second-order valence-corrected chi connectivity index (χ2v) is 4.81. The smallest absolute Gasteiger partial charge is 0.422 e. The summed E-state index contributed by atoms with van der Waals surface area (Å²) in [4.78, 5) is 22.5. The summed E-state index contributed by atoms with van der Waals surface area (Å²) in [7, 11) is 0. The van der Waals surface area contributed by atoms with Crippen LogP contribution >= 0.6 is 11.6 Å². The molecular formula is C13H14ClF3N2O3. The molecule has 1 aromatic rings. The molecular weight excluding hydrogens is 325 g/mol. The second-order valence-electron chi connectivity index (χ2n) is 4.40. The number of anilines is 1. The van der Waals surface area contributed by atoms with Crippen LogP contribution in [0, 0.1) is 6.92 Å². The van der Waals surface area contributed by atoms with Gasteiger partial charge < -0.3 is 15.4 Å². The highest BCUT2D eigenvalue weighted by atomic mass is 35.5. The lowest BCUT2D eigenvalue weighted by Crippen LogP contribution is -2.31. The van der Waals surface area contributed by atoms with Crippen LogP contribution in [0.15, 0.2) is 18.2 Å². The van der Waals surface area contributed by atoms with Gasteiger partial charge in [-0.25, -0.2) is 4.79 Å². The zero-order chi connectivity index (χ0) is 16.8. The summed E-state index contributed by atoms with van der Waals surface area (Å²) in [5.74, 6) is -0.443. The molecule has 22 heavy (non-hydrogen) atoms. The maximum atomic E-state index is 11.8.